The summed E-state index contributed by atoms with van der Waals surface area (Å²) < 4.78 is 23.5. The van der Waals surface area contributed by atoms with Crippen LogP contribution in [0.1, 0.15) is 32.1 Å². The lowest BCUT2D eigenvalue weighted by Gasteiger charge is -2.28. The Balaban J connectivity index is 1.58. The molecule has 10 heteroatoms. The molecular formula is C18H21NO8S. The Morgan fingerprint density at radius 3 is 2.21 bits per heavy atom. The molecule has 0 aromatic carbocycles. The molecule has 1 heterocycles. The Hall–Kier alpha value is -2.62. The molecule has 0 spiro atoms. The SMILES string of the molecule is CS(=O)(=O)c1cc(O)n(OC(=O)C2CCC(CC3C(=O)C=CC3=O)CC2)c1O. The van der Waals surface area contributed by atoms with Gasteiger partial charge in [-0.15, -0.1) is 4.73 Å². The van der Waals surface area contributed by atoms with Crippen molar-refractivity contribution in [3.8, 4) is 11.8 Å². The van der Waals surface area contributed by atoms with Gasteiger partial charge in [-0.1, -0.05) is 0 Å². The summed E-state index contributed by atoms with van der Waals surface area (Å²) in [5.41, 5.74) is 0. The lowest BCUT2D eigenvalue weighted by molar-refractivity contribution is -0.152. The van der Waals surface area contributed by atoms with Crippen LogP contribution in [0.5, 0.6) is 11.8 Å². The fourth-order valence-corrected chi connectivity index (χ4v) is 4.45. The van der Waals surface area contributed by atoms with E-state index in [1.54, 1.807) is 0 Å². The molecule has 1 aromatic rings. The number of carbonyl (C=O) groups excluding carboxylic acids is 3. The fourth-order valence-electron chi connectivity index (χ4n) is 3.71. The molecule has 1 saturated carbocycles. The first-order chi connectivity index (χ1) is 13.1. The van der Waals surface area contributed by atoms with Gasteiger partial charge in [0.25, 0.3) is 0 Å². The highest BCUT2D eigenvalue weighted by molar-refractivity contribution is 7.90. The minimum atomic E-state index is -3.81. The molecule has 0 atom stereocenters. The Kier molecular flexibility index (Phi) is 5.33. The predicted molar refractivity (Wildman–Crippen MR) is 95.2 cm³/mol. The third kappa shape index (κ3) is 3.96. The van der Waals surface area contributed by atoms with E-state index >= 15 is 0 Å². The predicted octanol–water partition coefficient (Wildman–Crippen LogP) is 0.779. The third-order valence-corrected chi connectivity index (χ3v) is 6.41. The second-order valence-electron chi connectivity index (χ2n) is 7.31. The fraction of sp³-hybridized carbons (Fsp3) is 0.500. The average molecular weight is 411 g/mol. The van der Waals surface area contributed by atoms with E-state index in [1.165, 1.54) is 12.2 Å². The summed E-state index contributed by atoms with van der Waals surface area (Å²) in [7, 11) is -3.81. The van der Waals surface area contributed by atoms with Crippen molar-refractivity contribution in [3.05, 3.63) is 18.2 Å². The summed E-state index contributed by atoms with van der Waals surface area (Å²) in [6.07, 6.45) is 6.12. The quantitative estimate of drug-likeness (QED) is 0.678. The largest absolute Gasteiger partial charge is 0.492 e. The molecule has 2 aliphatic carbocycles. The molecule has 0 saturated heterocycles. The van der Waals surface area contributed by atoms with Crippen LogP contribution in [0.4, 0.5) is 0 Å². The second-order valence-corrected chi connectivity index (χ2v) is 9.30. The van der Waals surface area contributed by atoms with Gasteiger partial charge in [0.2, 0.25) is 11.8 Å². The van der Waals surface area contributed by atoms with Crippen molar-refractivity contribution >= 4 is 27.4 Å². The van der Waals surface area contributed by atoms with Crippen LogP contribution in [-0.2, 0) is 24.2 Å². The number of ketones is 2. The second kappa shape index (κ2) is 7.42. The van der Waals surface area contributed by atoms with Crippen molar-refractivity contribution in [2.75, 3.05) is 6.26 Å². The molecule has 9 nitrogen and oxygen atoms in total. The number of aromatic hydroxyl groups is 2. The molecule has 28 heavy (non-hydrogen) atoms. The van der Waals surface area contributed by atoms with E-state index in [9.17, 15) is 33.0 Å². The maximum Gasteiger partial charge on any atom is 0.336 e. The standard InChI is InChI=1S/C18H21NO8S/c1-28(25,26)15-9-16(22)19(17(15)23)27-18(24)11-4-2-10(3-5-11)8-12-13(20)6-7-14(12)21/h6-7,9-12,22-23H,2-5,8H2,1H3. The van der Waals surface area contributed by atoms with Gasteiger partial charge < -0.3 is 15.1 Å². The van der Waals surface area contributed by atoms with Crippen LogP contribution < -0.4 is 4.84 Å². The number of hydrogen-bond donors (Lipinski definition) is 2. The van der Waals surface area contributed by atoms with Crippen LogP contribution in [-0.4, -0.2) is 47.2 Å². The van der Waals surface area contributed by atoms with E-state index in [2.05, 4.69) is 0 Å². The summed E-state index contributed by atoms with van der Waals surface area (Å²) in [6, 6.07) is 0.804. The van der Waals surface area contributed by atoms with Crippen LogP contribution in [0.25, 0.3) is 0 Å². The van der Waals surface area contributed by atoms with Gasteiger partial charge in [-0.2, -0.15) is 0 Å². The molecule has 0 radical (unpaired) electrons. The average Bonchev–Trinajstić information content (AvgIpc) is 3.09. The van der Waals surface area contributed by atoms with E-state index in [0.29, 0.717) is 36.8 Å². The van der Waals surface area contributed by atoms with Gasteiger partial charge in [0, 0.05) is 12.3 Å². The van der Waals surface area contributed by atoms with Crippen molar-refractivity contribution in [2.45, 2.75) is 37.0 Å². The van der Waals surface area contributed by atoms with Gasteiger partial charge in [0.05, 0.1) is 11.8 Å². The lowest BCUT2D eigenvalue weighted by Crippen LogP contribution is -2.31. The molecule has 152 valence electrons. The van der Waals surface area contributed by atoms with Gasteiger partial charge in [-0.25, -0.2) is 13.2 Å². The van der Waals surface area contributed by atoms with Crippen molar-refractivity contribution in [1.29, 1.82) is 0 Å². The molecule has 2 N–H and O–H groups in total. The monoisotopic (exact) mass is 411 g/mol. The van der Waals surface area contributed by atoms with Crippen LogP contribution in [0.2, 0.25) is 0 Å². The summed E-state index contributed by atoms with van der Waals surface area (Å²) in [5.74, 6) is -3.58. The van der Waals surface area contributed by atoms with Gasteiger partial charge in [0.15, 0.2) is 21.4 Å². The number of sulfone groups is 1. The molecule has 0 aliphatic heterocycles. The molecule has 1 fully saturated rings. The number of hydrogen-bond acceptors (Lipinski definition) is 8. The third-order valence-electron chi connectivity index (χ3n) is 5.31. The van der Waals surface area contributed by atoms with E-state index < -0.39 is 44.3 Å². The Morgan fingerprint density at radius 2 is 1.71 bits per heavy atom. The van der Waals surface area contributed by atoms with Crippen molar-refractivity contribution in [2.24, 2.45) is 17.8 Å². The number of aromatic nitrogens is 1. The Morgan fingerprint density at radius 1 is 1.14 bits per heavy atom. The van der Waals surface area contributed by atoms with E-state index in [-0.39, 0.29) is 17.5 Å². The van der Waals surface area contributed by atoms with Gasteiger partial charge in [-0.3, -0.25) is 9.59 Å². The first-order valence-electron chi connectivity index (χ1n) is 8.89. The zero-order chi connectivity index (χ0) is 20.6. The van der Waals surface area contributed by atoms with E-state index in [1.807, 2.05) is 0 Å². The summed E-state index contributed by atoms with van der Waals surface area (Å²) in [6.45, 7) is 0. The smallest absolute Gasteiger partial charge is 0.336 e. The van der Waals surface area contributed by atoms with Gasteiger partial charge in [0.1, 0.15) is 4.90 Å². The highest BCUT2D eigenvalue weighted by Crippen LogP contribution is 2.35. The minimum absolute atomic E-state index is 0.145. The zero-order valence-corrected chi connectivity index (χ0v) is 16.0. The molecule has 3 rings (SSSR count). The summed E-state index contributed by atoms with van der Waals surface area (Å²) in [5, 5.41) is 19.7. The number of rotatable bonds is 5. The van der Waals surface area contributed by atoms with Crippen molar-refractivity contribution in [1.82, 2.24) is 4.73 Å². The van der Waals surface area contributed by atoms with Crippen LogP contribution >= 0.6 is 0 Å². The number of allylic oxidation sites excluding steroid dienone is 2. The Labute approximate surface area is 161 Å². The topological polar surface area (TPSA) is 140 Å². The van der Waals surface area contributed by atoms with Crippen molar-refractivity contribution < 1.29 is 37.9 Å². The van der Waals surface area contributed by atoms with Gasteiger partial charge >= 0.3 is 5.97 Å². The number of carbonyl (C=O) groups is 3. The molecular weight excluding hydrogens is 390 g/mol. The highest BCUT2D eigenvalue weighted by atomic mass is 32.2. The summed E-state index contributed by atoms with van der Waals surface area (Å²) >= 11 is 0. The normalized spacial score (nSPS) is 23.3. The maximum absolute atomic E-state index is 12.4. The van der Waals surface area contributed by atoms with Crippen LogP contribution in [0.3, 0.4) is 0 Å². The van der Waals surface area contributed by atoms with Gasteiger partial charge in [-0.05, 0) is 50.2 Å². The molecule has 1 aromatic heterocycles. The van der Waals surface area contributed by atoms with Crippen LogP contribution in [0.15, 0.2) is 23.1 Å². The van der Waals surface area contributed by atoms with E-state index in [0.717, 1.165) is 12.3 Å². The van der Waals surface area contributed by atoms with E-state index in [4.69, 9.17) is 4.84 Å². The minimum Gasteiger partial charge on any atom is -0.492 e. The molecule has 0 unspecified atom stereocenters. The first kappa shape index (κ1) is 20.1. The highest BCUT2D eigenvalue weighted by Gasteiger charge is 2.35. The van der Waals surface area contributed by atoms with Crippen LogP contribution in [0, 0.1) is 17.8 Å². The number of nitrogens with zero attached hydrogens (tertiary/aromatic N) is 1. The molecule has 0 amide bonds. The first-order valence-corrected chi connectivity index (χ1v) is 10.8. The molecule has 2 aliphatic rings. The molecule has 0 bridgehead atoms. The Bertz CT molecular complexity index is 932. The zero-order valence-electron chi connectivity index (χ0n) is 15.2. The van der Waals surface area contributed by atoms with Crippen molar-refractivity contribution in [3.63, 3.8) is 0 Å². The summed E-state index contributed by atoms with van der Waals surface area (Å²) in [4.78, 5) is 40.2. The lowest BCUT2D eigenvalue weighted by atomic mass is 9.77. The maximum atomic E-state index is 12.4.